The molecule has 1 rings (SSSR count). The lowest BCUT2D eigenvalue weighted by atomic mass is 10.1. The molecule has 0 fully saturated rings. The second kappa shape index (κ2) is 6.33. The van der Waals surface area contributed by atoms with Crippen LogP contribution in [0.2, 0.25) is 0 Å². The van der Waals surface area contributed by atoms with Crippen molar-refractivity contribution in [2.24, 2.45) is 0 Å². The Morgan fingerprint density at radius 1 is 1.44 bits per heavy atom. The third-order valence-electron chi connectivity index (χ3n) is 2.23. The summed E-state index contributed by atoms with van der Waals surface area (Å²) < 4.78 is 13.5. The minimum atomic E-state index is -0.454. The lowest BCUT2D eigenvalue weighted by Gasteiger charge is -2.14. The minimum absolute atomic E-state index is 0.273. The van der Waals surface area contributed by atoms with Gasteiger partial charge in [-0.1, -0.05) is 35.8 Å². The molecule has 2 nitrogen and oxygen atoms in total. The van der Waals surface area contributed by atoms with Crippen molar-refractivity contribution in [3.8, 4) is 0 Å². The van der Waals surface area contributed by atoms with Crippen molar-refractivity contribution in [1.82, 2.24) is 5.32 Å². The van der Waals surface area contributed by atoms with E-state index in [1.807, 2.05) is 13.8 Å². The molecule has 0 radical (unpaired) electrons. The largest absolute Gasteiger partial charge is 0.391 e. The smallest absolute Gasteiger partial charge is 0.124 e. The topological polar surface area (TPSA) is 32.3 Å². The molecule has 1 aromatic carbocycles. The molecule has 1 atom stereocenters. The number of benzene rings is 1. The fourth-order valence-electron chi connectivity index (χ4n) is 1.38. The predicted molar refractivity (Wildman–Crippen MR) is 66.9 cm³/mol. The Morgan fingerprint density at radius 3 is 2.69 bits per heavy atom. The van der Waals surface area contributed by atoms with Crippen LogP contribution in [0.15, 0.2) is 22.7 Å². The van der Waals surface area contributed by atoms with Crippen molar-refractivity contribution in [3.05, 3.63) is 34.1 Å². The summed E-state index contributed by atoms with van der Waals surface area (Å²) in [6.45, 7) is 4.60. The highest BCUT2D eigenvalue weighted by Gasteiger charge is 2.09. The molecule has 0 saturated heterocycles. The molecule has 0 saturated carbocycles. The average molecular weight is 290 g/mol. The van der Waals surface area contributed by atoms with E-state index in [0.29, 0.717) is 23.5 Å². The van der Waals surface area contributed by atoms with Gasteiger partial charge in [0.2, 0.25) is 0 Å². The van der Waals surface area contributed by atoms with E-state index in [1.165, 1.54) is 12.1 Å². The molecule has 0 aliphatic rings. The van der Waals surface area contributed by atoms with E-state index in [4.69, 9.17) is 0 Å². The normalized spacial score (nSPS) is 13.1. The van der Waals surface area contributed by atoms with Crippen LogP contribution < -0.4 is 5.32 Å². The highest BCUT2D eigenvalue weighted by atomic mass is 79.9. The molecule has 16 heavy (non-hydrogen) atoms. The van der Waals surface area contributed by atoms with Crippen LogP contribution >= 0.6 is 15.9 Å². The number of hydrogen-bond donors (Lipinski definition) is 2. The van der Waals surface area contributed by atoms with E-state index in [-0.39, 0.29) is 5.82 Å². The monoisotopic (exact) mass is 289 g/mol. The minimum Gasteiger partial charge on any atom is -0.391 e. The molecule has 2 N–H and O–H groups in total. The summed E-state index contributed by atoms with van der Waals surface area (Å²) in [5.41, 5.74) is 0.916. The third-order valence-corrected chi connectivity index (χ3v) is 2.97. The Hall–Kier alpha value is -0.450. The fraction of sp³-hybridized carbons (Fsp3) is 0.500. The summed E-state index contributed by atoms with van der Waals surface area (Å²) in [6.07, 6.45) is 0.0600. The van der Waals surface area contributed by atoms with E-state index in [1.54, 1.807) is 6.07 Å². The maximum absolute atomic E-state index is 12.8. The highest BCUT2D eigenvalue weighted by molar-refractivity contribution is 9.10. The zero-order valence-corrected chi connectivity index (χ0v) is 11.1. The van der Waals surface area contributed by atoms with E-state index >= 15 is 0 Å². The summed E-state index contributed by atoms with van der Waals surface area (Å²) in [4.78, 5) is 0. The molecule has 0 bridgehead atoms. The van der Waals surface area contributed by atoms with Crippen molar-refractivity contribution in [2.75, 3.05) is 6.54 Å². The first-order chi connectivity index (χ1) is 7.49. The predicted octanol–water partition coefficient (Wildman–Crippen LogP) is 2.49. The summed E-state index contributed by atoms with van der Waals surface area (Å²) in [7, 11) is 0. The Kier molecular flexibility index (Phi) is 5.38. The quantitative estimate of drug-likeness (QED) is 0.873. The number of nitrogens with one attached hydrogen (secondary N) is 1. The van der Waals surface area contributed by atoms with Gasteiger partial charge in [-0.15, -0.1) is 0 Å². The van der Waals surface area contributed by atoms with Crippen molar-refractivity contribution >= 4 is 15.9 Å². The Balaban J connectivity index is 2.52. The lowest BCUT2D eigenvalue weighted by molar-refractivity contribution is 0.168. The van der Waals surface area contributed by atoms with E-state index in [9.17, 15) is 9.50 Å². The van der Waals surface area contributed by atoms with E-state index < -0.39 is 6.10 Å². The number of aliphatic hydroxyl groups excluding tert-OH is 1. The van der Waals surface area contributed by atoms with Gasteiger partial charge in [0, 0.05) is 23.5 Å². The molecule has 90 valence electrons. The van der Waals surface area contributed by atoms with Crippen molar-refractivity contribution < 1.29 is 9.50 Å². The summed E-state index contributed by atoms with van der Waals surface area (Å²) >= 11 is 3.28. The molecule has 0 aliphatic heterocycles. The van der Waals surface area contributed by atoms with Gasteiger partial charge in [0.1, 0.15) is 5.82 Å². The van der Waals surface area contributed by atoms with E-state index in [2.05, 4.69) is 21.2 Å². The van der Waals surface area contributed by atoms with Crippen LogP contribution in [0, 0.1) is 5.82 Å². The van der Waals surface area contributed by atoms with Gasteiger partial charge in [0.15, 0.2) is 0 Å². The van der Waals surface area contributed by atoms with Gasteiger partial charge in [-0.05, 0) is 17.7 Å². The number of aliphatic hydroxyl groups is 1. The van der Waals surface area contributed by atoms with Crippen molar-refractivity contribution in [2.45, 2.75) is 32.4 Å². The van der Waals surface area contributed by atoms with Crippen molar-refractivity contribution in [3.63, 3.8) is 0 Å². The van der Waals surface area contributed by atoms with E-state index in [0.717, 1.165) is 5.56 Å². The third kappa shape index (κ3) is 4.60. The van der Waals surface area contributed by atoms with Crippen LogP contribution in [0.25, 0.3) is 0 Å². The van der Waals surface area contributed by atoms with Crippen LogP contribution in [0.1, 0.15) is 19.4 Å². The van der Waals surface area contributed by atoms with Crippen molar-refractivity contribution in [1.29, 1.82) is 0 Å². The second-order valence-corrected chi connectivity index (χ2v) is 5.01. The van der Waals surface area contributed by atoms with Gasteiger partial charge in [-0.25, -0.2) is 4.39 Å². The summed E-state index contributed by atoms with van der Waals surface area (Å²) in [5, 5.41) is 12.9. The molecular formula is C12H17BrFNO. The molecule has 1 aromatic rings. The van der Waals surface area contributed by atoms with Gasteiger partial charge in [-0.2, -0.15) is 0 Å². The molecule has 0 aromatic heterocycles. The van der Waals surface area contributed by atoms with Gasteiger partial charge >= 0.3 is 0 Å². The van der Waals surface area contributed by atoms with Gasteiger partial charge < -0.3 is 10.4 Å². The SMILES string of the molecule is CC(C)NCC(O)Cc1ccc(F)cc1Br. The summed E-state index contributed by atoms with van der Waals surface area (Å²) in [5.74, 6) is -0.273. The number of rotatable bonds is 5. The molecule has 4 heteroatoms. The Morgan fingerprint density at radius 2 is 2.12 bits per heavy atom. The van der Waals surface area contributed by atoms with Crippen LogP contribution in [-0.2, 0) is 6.42 Å². The van der Waals surface area contributed by atoms with Crippen LogP contribution in [0.5, 0.6) is 0 Å². The Labute approximate surface area is 104 Å². The standard InChI is InChI=1S/C12H17BrFNO/c1-8(2)15-7-11(16)5-9-3-4-10(14)6-12(9)13/h3-4,6,8,11,15-16H,5,7H2,1-2H3. The molecule has 0 aliphatic carbocycles. The maximum atomic E-state index is 12.8. The Bertz CT molecular complexity index is 344. The molecule has 1 unspecified atom stereocenters. The van der Waals surface area contributed by atoms with Crippen LogP contribution in [-0.4, -0.2) is 23.8 Å². The molecule has 0 spiro atoms. The molecule has 0 heterocycles. The maximum Gasteiger partial charge on any atom is 0.124 e. The first kappa shape index (κ1) is 13.6. The number of hydrogen-bond acceptors (Lipinski definition) is 2. The zero-order valence-electron chi connectivity index (χ0n) is 9.50. The molecule has 0 amide bonds. The first-order valence-electron chi connectivity index (χ1n) is 5.34. The average Bonchev–Trinajstić information content (AvgIpc) is 2.19. The lowest BCUT2D eigenvalue weighted by Crippen LogP contribution is -2.33. The number of halogens is 2. The van der Waals surface area contributed by atoms with Crippen LogP contribution in [0.3, 0.4) is 0 Å². The summed E-state index contributed by atoms with van der Waals surface area (Å²) in [6, 6.07) is 4.87. The zero-order chi connectivity index (χ0) is 12.1. The fourth-order valence-corrected chi connectivity index (χ4v) is 1.90. The van der Waals surface area contributed by atoms with Gasteiger partial charge in [-0.3, -0.25) is 0 Å². The second-order valence-electron chi connectivity index (χ2n) is 4.16. The van der Waals surface area contributed by atoms with Gasteiger partial charge in [0.05, 0.1) is 6.10 Å². The van der Waals surface area contributed by atoms with Gasteiger partial charge in [0.25, 0.3) is 0 Å². The first-order valence-corrected chi connectivity index (χ1v) is 6.13. The molecular weight excluding hydrogens is 273 g/mol. The highest BCUT2D eigenvalue weighted by Crippen LogP contribution is 2.19. The van der Waals surface area contributed by atoms with Crippen LogP contribution in [0.4, 0.5) is 4.39 Å².